The lowest BCUT2D eigenvalue weighted by molar-refractivity contribution is 0.111. The van der Waals surface area contributed by atoms with Gasteiger partial charge in [-0.25, -0.2) is 0 Å². The van der Waals surface area contributed by atoms with E-state index in [4.69, 9.17) is 4.74 Å². The number of hydrogen-bond donors (Lipinski definition) is 1. The third-order valence-corrected chi connectivity index (χ3v) is 4.61. The van der Waals surface area contributed by atoms with Crippen LogP contribution in [-0.4, -0.2) is 22.6 Å². The molecule has 1 aliphatic carbocycles. The first-order chi connectivity index (χ1) is 12.7. The lowest BCUT2D eigenvalue weighted by Gasteiger charge is -2.13. The standard InChI is InChI=1S/C20H18N2O2.C2H6/c1-13-19(12-23)21-22-20(13)14-6-8-17(9-7-14)24-18-10-15-4-2-3-5-16(15)11-18;1-2/h2-9,12,18H,10-11H2,1H3,(H,21,22);1-2H3. The maximum Gasteiger partial charge on any atom is 0.168 e. The van der Waals surface area contributed by atoms with Gasteiger partial charge in [0.05, 0.1) is 5.69 Å². The van der Waals surface area contributed by atoms with Crippen LogP contribution in [0.1, 0.15) is 41.0 Å². The number of fused-ring (bicyclic) bond motifs is 1. The Balaban J connectivity index is 0.000000948. The zero-order chi connectivity index (χ0) is 18.5. The quantitative estimate of drug-likeness (QED) is 0.691. The minimum atomic E-state index is 0.196. The van der Waals surface area contributed by atoms with Crippen LogP contribution in [0.4, 0.5) is 0 Å². The number of aromatic nitrogens is 2. The van der Waals surface area contributed by atoms with Gasteiger partial charge in [0.1, 0.15) is 17.5 Å². The Bertz CT molecular complexity index is 856. The predicted molar refractivity (Wildman–Crippen MR) is 104 cm³/mol. The first kappa shape index (κ1) is 17.9. The molecule has 0 radical (unpaired) electrons. The Kier molecular flexibility index (Phi) is 5.52. The molecule has 3 aromatic rings. The smallest absolute Gasteiger partial charge is 0.168 e. The molecule has 4 heteroatoms. The van der Waals surface area contributed by atoms with Crippen LogP contribution in [0.3, 0.4) is 0 Å². The van der Waals surface area contributed by atoms with E-state index >= 15 is 0 Å². The molecule has 0 saturated heterocycles. The van der Waals surface area contributed by atoms with Crippen LogP contribution in [0, 0.1) is 6.92 Å². The summed E-state index contributed by atoms with van der Waals surface area (Å²) < 4.78 is 6.12. The van der Waals surface area contributed by atoms with E-state index in [9.17, 15) is 4.79 Å². The molecule has 4 nitrogen and oxygen atoms in total. The molecule has 1 aromatic heterocycles. The number of nitrogens with zero attached hydrogens (tertiary/aromatic N) is 1. The monoisotopic (exact) mass is 348 g/mol. The first-order valence-electron chi connectivity index (χ1n) is 9.08. The van der Waals surface area contributed by atoms with Gasteiger partial charge in [-0.1, -0.05) is 38.1 Å². The number of carbonyl (C=O) groups is 1. The van der Waals surface area contributed by atoms with Crippen LogP contribution in [0.2, 0.25) is 0 Å². The number of nitrogens with one attached hydrogen (secondary N) is 1. The predicted octanol–water partition coefficient (Wildman–Crippen LogP) is 4.77. The van der Waals surface area contributed by atoms with Crippen molar-refractivity contribution in [1.29, 1.82) is 0 Å². The SMILES string of the molecule is CC.Cc1c(-c2ccc(OC3Cc4ccccc4C3)cc2)n[nH]c1C=O. The molecule has 2 aromatic carbocycles. The van der Waals surface area contributed by atoms with Crippen LogP contribution in [0.25, 0.3) is 11.3 Å². The van der Waals surface area contributed by atoms with Crippen molar-refractivity contribution in [2.45, 2.75) is 39.7 Å². The molecule has 0 amide bonds. The van der Waals surface area contributed by atoms with E-state index in [-0.39, 0.29) is 6.10 Å². The largest absolute Gasteiger partial charge is 0.490 e. The molecule has 0 fully saturated rings. The average Bonchev–Trinajstić information content (AvgIpc) is 3.26. The fraction of sp³-hybridized carbons (Fsp3) is 0.273. The van der Waals surface area contributed by atoms with Gasteiger partial charge in [-0.15, -0.1) is 0 Å². The number of benzene rings is 2. The Hall–Kier alpha value is -2.88. The van der Waals surface area contributed by atoms with Gasteiger partial charge in [0.25, 0.3) is 0 Å². The van der Waals surface area contributed by atoms with E-state index in [1.165, 1.54) is 11.1 Å². The third-order valence-electron chi connectivity index (χ3n) is 4.61. The summed E-state index contributed by atoms with van der Waals surface area (Å²) in [4.78, 5) is 10.9. The van der Waals surface area contributed by atoms with Crippen molar-refractivity contribution < 1.29 is 9.53 Å². The zero-order valence-corrected chi connectivity index (χ0v) is 15.5. The normalized spacial score (nSPS) is 12.9. The van der Waals surface area contributed by atoms with Gasteiger partial charge in [0.15, 0.2) is 6.29 Å². The van der Waals surface area contributed by atoms with Gasteiger partial charge in [-0.2, -0.15) is 5.10 Å². The fourth-order valence-corrected chi connectivity index (χ4v) is 3.29. The van der Waals surface area contributed by atoms with Crippen LogP contribution in [-0.2, 0) is 12.8 Å². The van der Waals surface area contributed by atoms with E-state index in [0.717, 1.165) is 41.7 Å². The molecule has 0 bridgehead atoms. The highest BCUT2D eigenvalue weighted by Crippen LogP contribution is 2.28. The van der Waals surface area contributed by atoms with Crippen LogP contribution >= 0.6 is 0 Å². The molecule has 1 heterocycles. The van der Waals surface area contributed by atoms with Crippen molar-refractivity contribution in [3.8, 4) is 17.0 Å². The van der Waals surface area contributed by atoms with Crippen LogP contribution in [0.5, 0.6) is 5.75 Å². The number of rotatable bonds is 4. The summed E-state index contributed by atoms with van der Waals surface area (Å²) >= 11 is 0. The molecule has 0 spiro atoms. The average molecular weight is 348 g/mol. The fourth-order valence-electron chi connectivity index (χ4n) is 3.29. The summed E-state index contributed by atoms with van der Waals surface area (Å²) in [5, 5.41) is 6.98. The van der Waals surface area contributed by atoms with Crippen molar-refractivity contribution in [2.24, 2.45) is 0 Å². The topological polar surface area (TPSA) is 55.0 Å². The van der Waals surface area contributed by atoms with Crippen molar-refractivity contribution in [3.63, 3.8) is 0 Å². The van der Waals surface area contributed by atoms with Gasteiger partial charge in [0.2, 0.25) is 0 Å². The number of aromatic amines is 1. The van der Waals surface area contributed by atoms with E-state index in [2.05, 4.69) is 34.5 Å². The van der Waals surface area contributed by atoms with Gasteiger partial charge in [-0.3, -0.25) is 9.89 Å². The summed E-state index contributed by atoms with van der Waals surface area (Å²) in [6.07, 6.45) is 2.90. The molecule has 0 aliphatic heterocycles. The second-order valence-electron chi connectivity index (χ2n) is 6.17. The Morgan fingerprint density at radius 1 is 1.04 bits per heavy atom. The second kappa shape index (κ2) is 8.00. The molecular formula is C22H24N2O2. The number of H-pyrrole nitrogens is 1. The summed E-state index contributed by atoms with van der Waals surface area (Å²) in [5.74, 6) is 0.861. The minimum Gasteiger partial charge on any atom is -0.490 e. The lowest BCUT2D eigenvalue weighted by Crippen LogP contribution is -2.16. The highest BCUT2D eigenvalue weighted by molar-refractivity contribution is 5.79. The number of aldehydes is 1. The van der Waals surface area contributed by atoms with E-state index in [1.807, 2.05) is 45.0 Å². The molecule has 1 N–H and O–H groups in total. The lowest BCUT2D eigenvalue weighted by atomic mass is 10.1. The summed E-state index contributed by atoms with van der Waals surface area (Å²) in [5.41, 5.74) is 5.93. The molecule has 1 aliphatic rings. The first-order valence-corrected chi connectivity index (χ1v) is 9.08. The highest BCUT2D eigenvalue weighted by atomic mass is 16.5. The van der Waals surface area contributed by atoms with Gasteiger partial charge < -0.3 is 4.74 Å². The number of ether oxygens (including phenoxy) is 1. The molecule has 0 saturated carbocycles. The highest BCUT2D eigenvalue weighted by Gasteiger charge is 2.22. The summed E-state index contributed by atoms with van der Waals surface area (Å²) in [7, 11) is 0. The molecular weight excluding hydrogens is 324 g/mol. The van der Waals surface area contributed by atoms with E-state index < -0.39 is 0 Å². The molecule has 134 valence electrons. The number of carbonyl (C=O) groups excluding carboxylic acids is 1. The molecule has 26 heavy (non-hydrogen) atoms. The van der Waals surface area contributed by atoms with Crippen LogP contribution < -0.4 is 4.74 Å². The molecule has 0 atom stereocenters. The maximum atomic E-state index is 10.9. The number of hydrogen-bond acceptors (Lipinski definition) is 3. The van der Waals surface area contributed by atoms with Gasteiger partial charge in [0, 0.05) is 24.0 Å². The minimum absolute atomic E-state index is 0.196. The molecule has 0 unspecified atom stereocenters. The van der Waals surface area contributed by atoms with Crippen molar-refractivity contribution in [1.82, 2.24) is 10.2 Å². The second-order valence-corrected chi connectivity index (χ2v) is 6.17. The van der Waals surface area contributed by atoms with Gasteiger partial charge in [-0.05, 0) is 42.3 Å². The Morgan fingerprint density at radius 2 is 1.65 bits per heavy atom. The third kappa shape index (κ3) is 3.54. The van der Waals surface area contributed by atoms with E-state index in [0.29, 0.717) is 5.69 Å². The Labute approximate surface area is 154 Å². The van der Waals surface area contributed by atoms with Crippen molar-refractivity contribution >= 4 is 6.29 Å². The zero-order valence-electron chi connectivity index (χ0n) is 15.5. The van der Waals surface area contributed by atoms with Gasteiger partial charge >= 0.3 is 0 Å². The summed E-state index contributed by atoms with van der Waals surface area (Å²) in [6, 6.07) is 16.4. The van der Waals surface area contributed by atoms with Crippen LogP contribution in [0.15, 0.2) is 48.5 Å². The maximum absolute atomic E-state index is 10.9. The van der Waals surface area contributed by atoms with Crippen molar-refractivity contribution in [2.75, 3.05) is 0 Å². The summed E-state index contributed by atoms with van der Waals surface area (Å²) in [6.45, 7) is 5.89. The van der Waals surface area contributed by atoms with E-state index in [1.54, 1.807) is 0 Å². The Morgan fingerprint density at radius 3 is 2.19 bits per heavy atom. The van der Waals surface area contributed by atoms with Crippen molar-refractivity contribution in [3.05, 3.63) is 70.9 Å². The molecule has 4 rings (SSSR count).